The molecule has 0 radical (unpaired) electrons. The smallest absolute Gasteiger partial charge is 0.213 e. The Morgan fingerprint density at radius 2 is 1.82 bits per heavy atom. The summed E-state index contributed by atoms with van der Waals surface area (Å²) in [6.45, 7) is 2.10. The third kappa shape index (κ3) is 2.82. The summed E-state index contributed by atoms with van der Waals surface area (Å²) in [5, 5.41) is 7.13. The second-order valence-corrected chi connectivity index (χ2v) is 7.30. The molecule has 4 nitrogen and oxygen atoms in total. The van der Waals surface area contributed by atoms with Crippen molar-refractivity contribution in [2.24, 2.45) is 5.10 Å². The fourth-order valence-electron chi connectivity index (χ4n) is 4.04. The van der Waals surface area contributed by atoms with E-state index in [1.807, 2.05) is 18.2 Å². The number of para-hydroxylation sites is 1. The van der Waals surface area contributed by atoms with Crippen LogP contribution in [0.4, 0.5) is 0 Å². The van der Waals surface area contributed by atoms with Crippen molar-refractivity contribution in [3.63, 3.8) is 0 Å². The van der Waals surface area contributed by atoms with Crippen LogP contribution in [0.2, 0.25) is 0 Å². The summed E-state index contributed by atoms with van der Waals surface area (Å²) in [7, 11) is 1.68. The zero-order valence-electron chi connectivity index (χ0n) is 16.0. The lowest BCUT2D eigenvalue weighted by molar-refractivity contribution is -0.0190. The molecule has 2 aliphatic heterocycles. The van der Waals surface area contributed by atoms with Crippen LogP contribution in [0.15, 0.2) is 77.9 Å². The number of hydrogen-bond acceptors (Lipinski definition) is 4. The second-order valence-electron chi connectivity index (χ2n) is 7.30. The largest absolute Gasteiger partial charge is 0.497 e. The van der Waals surface area contributed by atoms with E-state index in [4.69, 9.17) is 14.6 Å². The summed E-state index contributed by atoms with van der Waals surface area (Å²) in [4.78, 5) is 0. The molecule has 4 heteroatoms. The summed E-state index contributed by atoms with van der Waals surface area (Å²) in [6.07, 6.45) is 0.630. The van der Waals surface area contributed by atoms with Crippen molar-refractivity contribution in [3.05, 3.63) is 95.1 Å². The summed E-state index contributed by atoms with van der Waals surface area (Å²) < 4.78 is 11.7. The fraction of sp³-hybridized carbons (Fsp3) is 0.208. The minimum Gasteiger partial charge on any atom is -0.497 e. The monoisotopic (exact) mass is 370 g/mol. The van der Waals surface area contributed by atoms with Crippen LogP contribution in [-0.2, 0) is 0 Å². The number of nitrogens with zero attached hydrogens (tertiary/aromatic N) is 2. The predicted molar refractivity (Wildman–Crippen MR) is 110 cm³/mol. The van der Waals surface area contributed by atoms with E-state index >= 15 is 0 Å². The van der Waals surface area contributed by atoms with Gasteiger partial charge in [-0.05, 0) is 42.8 Å². The van der Waals surface area contributed by atoms with E-state index in [1.54, 1.807) is 7.11 Å². The third-order valence-electron chi connectivity index (χ3n) is 5.45. The van der Waals surface area contributed by atoms with E-state index in [0.717, 1.165) is 34.8 Å². The highest BCUT2D eigenvalue weighted by Crippen LogP contribution is 2.47. The van der Waals surface area contributed by atoms with Gasteiger partial charge in [0.25, 0.3) is 0 Å². The highest BCUT2D eigenvalue weighted by atomic mass is 16.5. The van der Waals surface area contributed by atoms with Crippen molar-refractivity contribution >= 4 is 5.71 Å². The van der Waals surface area contributed by atoms with Gasteiger partial charge in [0, 0.05) is 17.5 Å². The Morgan fingerprint density at radius 3 is 2.61 bits per heavy atom. The molecule has 5 rings (SSSR count). The average Bonchev–Trinajstić information content (AvgIpc) is 3.19. The van der Waals surface area contributed by atoms with Crippen LogP contribution in [0, 0.1) is 6.92 Å². The minimum atomic E-state index is -0.226. The van der Waals surface area contributed by atoms with Crippen molar-refractivity contribution in [1.29, 1.82) is 0 Å². The van der Waals surface area contributed by atoms with E-state index in [2.05, 4.69) is 66.5 Å². The molecule has 0 aliphatic carbocycles. The van der Waals surface area contributed by atoms with Crippen LogP contribution >= 0.6 is 0 Å². The van der Waals surface area contributed by atoms with Gasteiger partial charge in [-0.25, -0.2) is 5.01 Å². The molecule has 0 saturated heterocycles. The Labute approximate surface area is 165 Å². The number of fused-ring (bicyclic) bond motifs is 3. The van der Waals surface area contributed by atoms with Crippen molar-refractivity contribution in [2.75, 3.05) is 7.11 Å². The first-order chi connectivity index (χ1) is 13.7. The number of rotatable bonds is 3. The maximum absolute atomic E-state index is 6.41. The lowest BCUT2D eigenvalue weighted by atomic mass is 9.96. The SMILES string of the molecule is COc1ccc(C2=NN3C(C2)c2ccccc2OC3c2cccc(C)c2)cc1. The first-order valence-corrected chi connectivity index (χ1v) is 9.55. The van der Waals surface area contributed by atoms with Gasteiger partial charge in [0.05, 0.1) is 18.9 Å². The van der Waals surface area contributed by atoms with Crippen molar-refractivity contribution in [1.82, 2.24) is 5.01 Å². The molecule has 0 spiro atoms. The lowest BCUT2D eigenvalue weighted by Gasteiger charge is -2.38. The number of ether oxygens (including phenoxy) is 2. The number of methoxy groups -OCH3 is 1. The molecule has 0 saturated carbocycles. The van der Waals surface area contributed by atoms with Crippen LogP contribution in [0.1, 0.15) is 40.9 Å². The molecule has 2 aliphatic rings. The molecule has 0 bridgehead atoms. The molecule has 3 aromatic rings. The number of aryl methyl sites for hydroxylation is 1. The summed E-state index contributed by atoms with van der Waals surface area (Å²) in [5.74, 6) is 1.80. The van der Waals surface area contributed by atoms with E-state index in [-0.39, 0.29) is 12.3 Å². The van der Waals surface area contributed by atoms with Crippen molar-refractivity contribution < 1.29 is 9.47 Å². The summed E-state index contributed by atoms with van der Waals surface area (Å²) in [5.41, 5.74) is 5.73. The summed E-state index contributed by atoms with van der Waals surface area (Å²) in [6, 6.07) is 25.1. The van der Waals surface area contributed by atoms with Gasteiger partial charge in [-0.15, -0.1) is 0 Å². The Kier molecular flexibility index (Phi) is 4.05. The Balaban J connectivity index is 1.57. The van der Waals surface area contributed by atoms with Gasteiger partial charge in [0.1, 0.15) is 11.5 Å². The third-order valence-corrected chi connectivity index (χ3v) is 5.45. The lowest BCUT2D eigenvalue weighted by Crippen LogP contribution is -2.33. The van der Waals surface area contributed by atoms with Crippen LogP contribution < -0.4 is 9.47 Å². The molecule has 2 unspecified atom stereocenters. The van der Waals surface area contributed by atoms with E-state index in [0.29, 0.717) is 0 Å². The predicted octanol–water partition coefficient (Wildman–Crippen LogP) is 5.25. The molecule has 140 valence electrons. The van der Waals surface area contributed by atoms with E-state index in [9.17, 15) is 0 Å². The molecule has 2 atom stereocenters. The van der Waals surface area contributed by atoms with E-state index < -0.39 is 0 Å². The minimum absolute atomic E-state index is 0.174. The molecule has 28 heavy (non-hydrogen) atoms. The molecular weight excluding hydrogens is 348 g/mol. The summed E-state index contributed by atoms with van der Waals surface area (Å²) >= 11 is 0. The van der Waals surface area contributed by atoms with Gasteiger partial charge in [-0.1, -0.05) is 48.0 Å². The second kappa shape index (κ2) is 6.71. The topological polar surface area (TPSA) is 34.1 Å². The Bertz CT molecular complexity index is 1040. The highest BCUT2D eigenvalue weighted by molar-refractivity contribution is 6.02. The first-order valence-electron chi connectivity index (χ1n) is 9.55. The van der Waals surface area contributed by atoms with Crippen LogP contribution in [0.3, 0.4) is 0 Å². The number of benzene rings is 3. The van der Waals surface area contributed by atoms with Crippen molar-refractivity contribution in [2.45, 2.75) is 25.6 Å². The Morgan fingerprint density at radius 1 is 1.00 bits per heavy atom. The van der Waals surface area contributed by atoms with Gasteiger partial charge >= 0.3 is 0 Å². The maximum atomic E-state index is 6.41. The van der Waals surface area contributed by atoms with Crippen LogP contribution in [0.5, 0.6) is 11.5 Å². The molecule has 0 amide bonds. The molecular formula is C24H22N2O2. The molecule has 0 N–H and O–H groups in total. The number of hydrogen-bond donors (Lipinski definition) is 0. The maximum Gasteiger partial charge on any atom is 0.213 e. The van der Waals surface area contributed by atoms with Crippen molar-refractivity contribution in [3.8, 4) is 11.5 Å². The molecule has 0 fully saturated rings. The fourth-order valence-corrected chi connectivity index (χ4v) is 4.04. The van der Waals surface area contributed by atoms with Gasteiger partial charge in [-0.3, -0.25) is 0 Å². The molecule has 2 heterocycles. The van der Waals surface area contributed by atoms with Crippen LogP contribution in [0.25, 0.3) is 0 Å². The van der Waals surface area contributed by atoms with Crippen LogP contribution in [-0.4, -0.2) is 17.8 Å². The van der Waals surface area contributed by atoms with Gasteiger partial charge < -0.3 is 9.47 Å². The molecule has 0 aromatic heterocycles. The van der Waals surface area contributed by atoms with E-state index in [1.165, 1.54) is 11.1 Å². The zero-order chi connectivity index (χ0) is 19.1. The Hall–Kier alpha value is -3.27. The molecule has 3 aromatic carbocycles. The zero-order valence-corrected chi connectivity index (χ0v) is 16.0. The first kappa shape index (κ1) is 16.9. The van der Waals surface area contributed by atoms with Gasteiger partial charge in [0.15, 0.2) is 0 Å². The highest BCUT2D eigenvalue weighted by Gasteiger charge is 2.40. The number of hydrazone groups is 1. The van der Waals surface area contributed by atoms with Gasteiger partial charge in [-0.2, -0.15) is 5.10 Å². The average molecular weight is 370 g/mol. The van der Waals surface area contributed by atoms with Gasteiger partial charge in [0.2, 0.25) is 6.23 Å². The normalized spacial score (nSPS) is 20.1. The quantitative estimate of drug-likeness (QED) is 0.632. The standard InChI is InChI=1S/C24H22N2O2/c1-16-6-5-7-18(14-16)24-26-22(20-8-3-4-9-23(20)28-24)15-21(25-26)17-10-12-19(27-2)13-11-17/h3-14,22,24H,15H2,1-2H3.